The van der Waals surface area contributed by atoms with E-state index in [9.17, 15) is 9.59 Å². The summed E-state index contributed by atoms with van der Waals surface area (Å²) in [6.07, 6.45) is 0. The van der Waals surface area contributed by atoms with E-state index in [2.05, 4.69) is 20.9 Å². The highest BCUT2D eigenvalue weighted by Crippen LogP contribution is 2.27. The largest absolute Gasteiger partial charge is 0.481 e. The Kier molecular flexibility index (Phi) is 7.22. The van der Waals surface area contributed by atoms with Gasteiger partial charge in [-0.2, -0.15) is 0 Å². The Morgan fingerprint density at radius 1 is 1.21 bits per heavy atom. The summed E-state index contributed by atoms with van der Waals surface area (Å²) >= 11 is 0. The molecule has 8 heteroatoms. The molecule has 0 radical (unpaired) electrons. The van der Waals surface area contributed by atoms with Crippen molar-refractivity contribution < 1.29 is 19.5 Å². The zero-order valence-corrected chi connectivity index (χ0v) is 16.1. The lowest BCUT2D eigenvalue weighted by Gasteiger charge is -2.23. The minimum Gasteiger partial charge on any atom is -0.481 e. The predicted octanol–water partition coefficient (Wildman–Crippen LogP) is 1.48. The summed E-state index contributed by atoms with van der Waals surface area (Å²) in [6, 6.07) is 11.4. The molecule has 1 unspecified atom stereocenters. The molecule has 2 heterocycles. The molecule has 1 aliphatic heterocycles. The smallest absolute Gasteiger partial charge is 0.300 e. The van der Waals surface area contributed by atoms with Gasteiger partial charge in [-0.15, -0.1) is 0 Å². The minimum atomic E-state index is -0.833. The molecule has 1 aromatic heterocycles. The third kappa shape index (κ3) is 5.88. The number of carbonyl (C=O) groups is 3. The lowest BCUT2D eigenvalue weighted by Crippen LogP contribution is -2.56. The summed E-state index contributed by atoms with van der Waals surface area (Å²) in [5.74, 6) is -0.625. The van der Waals surface area contributed by atoms with Gasteiger partial charge in [0.05, 0.1) is 6.54 Å². The van der Waals surface area contributed by atoms with E-state index in [1.807, 2.05) is 50.2 Å². The number of nitrogens with one attached hydrogen (secondary N) is 3. The van der Waals surface area contributed by atoms with Crippen LogP contribution in [0.2, 0.25) is 0 Å². The van der Waals surface area contributed by atoms with Crippen LogP contribution < -0.4 is 16.0 Å². The van der Waals surface area contributed by atoms with Crippen molar-refractivity contribution in [3.05, 3.63) is 47.7 Å². The summed E-state index contributed by atoms with van der Waals surface area (Å²) < 4.78 is 0. The second-order valence-electron chi connectivity index (χ2n) is 6.38. The predicted molar refractivity (Wildman–Crippen MR) is 106 cm³/mol. The summed E-state index contributed by atoms with van der Waals surface area (Å²) in [7, 11) is 0. The van der Waals surface area contributed by atoms with Gasteiger partial charge in [0.2, 0.25) is 11.8 Å². The highest BCUT2D eigenvalue weighted by molar-refractivity contribution is 5.96. The molecule has 3 rings (SSSR count). The van der Waals surface area contributed by atoms with Crippen LogP contribution in [-0.4, -0.2) is 47.0 Å². The van der Waals surface area contributed by atoms with Crippen LogP contribution in [0.5, 0.6) is 0 Å². The lowest BCUT2D eigenvalue weighted by atomic mass is 10.00. The molecular weight excluding hydrogens is 360 g/mol. The van der Waals surface area contributed by atoms with E-state index in [0.29, 0.717) is 5.82 Å². The van der Waals surface area contributed by atoms with E-state index < -0.39 is 12.0 Å². The zero-order chi connectivity index (χ0) is 20.7. The number of carbonyl (C=O) groups excluding carboxylic acids is 2. The first-order valence-corrected chi connectivity index (χ1v) is 8.82. The van der Waals surface area contributed by atoms with Crippen LogP contribution in [0.25, 0.3) is 11.1 Å². The van der Waals surface area contributed by atoms with E-state index in [1.54, 1.807) is 0 Å². The number of piperazine rings is 1. The van der Waals surface area contributed by atoms with Crippen molar-refractivity contribution in [2.75, 3.05) is 18.4 Å². The van der Waals surface area contributed by atoms with Crippen molar-refractivity contribution in [1.82, 2.24) is 15.6 Å². The molecule has 1 aromatic carbocycles. The van der Waals surface area contributed by atoms with Crippen LogP contribution >= 0.6 is 0 Å². The number of aryl methyl sites for hydroxylation is 1. The van der Waals surface area contributed by atoms with Gasteiger partial charge in [0.1, 0.15) is 11.9 Å². The number of carboxylic acids is 1. The Labute approximate surface area is 163 Å². The van der Waals surface area contributed by atoms with Gasteiger partial charge in [-0.1, -0.05) is 30.3 Å². The van der Waals surface area contributed by atoms with E-state index in [-0.39, 0.29) is 24.9 Å². The molecule has 28 heavy (non-hydrogen) atoms. The van der Waals surface area contributed by atoms with Crippen molar-refractivity contribution in [3.63, 3.8) is 0 Å². The first-order chi connectivity index (χ1) is 13.3. The number of nitrogens with zero attached hydrogens (tertiary/aromatic N) is 1. The average molecular weight is 384 g/mol. The Balaban J connectivity index is 0.000000640. The molecule has 1 aliphatic rings. The van der Waals surface area contributed by atoms with Gasteiger partial charge >= 0.3 is 0 Å². The number of aromatic nitrogens is 1. The number of benzene rings is 1. The minimum absolute atomic E-state index is 0.102. The van der Waals surface area contributed by atoms with Crippen LogP contribution in [0.15, 0.2) is 36.4 Å². The first kappa shape index (κ1) is 21.0. The number of anilines is 1. The average Bonchev–Trinajstić information content (AvgIpc) is 2.65. The Morgan fingerprint density at radius 3 is 2.43 bits per heavy atom. The van der Waals surface area contributed by atoms with E-state index in [0.717, 1.165) is 29.3 Å². The second kappa shape index (κ2) is 9.61. The molecule has 2 amide bonds. The molecule has 148 valence electrons. The molecule has 1 saturated heterocycles. The third-order valence-corrected chi connectivity index (χ3v) is 4.18. The van der Waals surface area contributed by atoms with Gasteiger partial charge < -0.3 is 15.7 Å². The number of carboxylic acid groups (broad SMARTS) is 1. The molecule has 0 spiro atoms. The van der Waals surface area contributed by atoms with Gasteiger partial charge in [0.15, 0.2) is 0 Å². The van der Waals surface area contributed by atoms with Crippen molar-refractivity contribution in [2.24, 2.45) is 0 Å². The Hall–Kier alpha value is -3.26. The van der Waals surface area contributed by atoms with Crippen molar-refractivity contribution in [1.29, 1.82) is 0 Å². The Morgan fingerprint density at radius 2 is 1.86 bits per heavy atom. The maximum atomic E-state index is 12.4. The van der Waals surface area contributed by atoms with E-state index in [1.165, 1.54) is 0 Å². The normalized spacial score (nSPS) is 15.7. The van der Waals surface area contributed by atoms with E-state index in [4.69, 9.17) is 9.90 Å². The van der Waals surface area contributed by atoms with E-state index >= 15 is 0 Å². The third-order valence-electron chi connectivity index (χ3n) is 4.18. The fraction of sp³-hybridized carbons (Fsp3) is 0.300. The van der Waals surface area contributed by atoms with Crippen LogP contribution in [0.3, 0.4) is 0 Å². The molecule has 1 fully saturated rings. The van der Waals surface area contributed by atoms with Crippen LogP contribution in [-0.2, 0) is 14.4 Å². The first-order valence-electron chi connectivity index (χ1n) is 8.82. The van der Waals surface area contributed by atoms with Crippen LogP contribution in [0.1, 0.15) is 18.2 Å². The van der Waals surface area contributed by atoms with Gasteiger partial charge in [-0.3, -0.25) is 19.7 Å². The summed E-state index contributed by atoms with van der Waals surface area (Å²) in [6.45, 7) is 5.46. The van der Waals surface area contributed by atoms with Crippen molar-refractivity contribution in [3.8, 4) is 11.1 Å². The van der Waals surface area contributed by atoms with Gasteiger partial charge in [0, 0.05) is 19.2 Å². The van der Waals surface area contributed by atoms with Crippen LogP contribution in [0.4, 0.5) is 5.82 Å². The van der Waals surface area contributed by atoms with Crippen LogP contribution in [0, 0.1) is 13.8 Å². The SMILES string of the molecule is CC(=O)O.Cc1nc(NC(=O)C2CNC(=O)CN2)cc(-c2ccccc2)c1C. The number of pyridine rings is 1. The fourth-order valence-electron chi connectivity index (χ4n) is 2.68. The number of aliphatic carboxylic acids is 1. The van der Waals surface area contributed by atoms with Crippen molar-refractivity contribution in [2.45, 2.75) is 26.8 Å². The number of hydrogen-bond donors (Lipinski definition) is 4. The maximum Gasteiger partial charge on any atom is 0.300 e. The number of hydrogen-bond acceptors (Lipinski definition) is 5. The summed E-state index contributed by atoms with van der Waals surface area (Å²) in [5, 5.41) is 15.8. The molecule has 4 N–H and O–H groups in total. The highest BCUT2D eigenvalue weighted by atomic mass is 16.4. The molecule has 1 atom stereocenters. The standard InChI is InChI=1S/C18H20N4O2.C2H4O2/c1-11-12(2)21-16(8-14(11)13-6-4-3-5-7-13)22-18(24)15-9-20-17(23)10-19-15;1-2(3)4/h3-8,15,19H,9-10H2,1-2H3,(H,20,23)(H,21,22,24);1H3,(H,3,4). The fourth-order valence-corrected chi connectivity index (χ4v) is 2.68. The molecule has 8 nitrogen and oxygen atoms in total. The molecular formula is C20H24N4O4. The topological polar surface area (TPSA) is 120 Å². The summed E-state index contributed by atoms with van der Waals surface area (Å²) in [5.41, 5.74) is 4.08. The van der Waals surface area contributed by atoms with Gasteiger partial charge in [-0.25, -0.2) is 4.98 Å². The molecule has 2 aromatic rings. The van der Waals surface area contributed by atoms with Gasteiger partial charge in [0.25, 0.3) is 5.97 Å². The molecule has 0 aliphatic carbocycles. The van der Waals surface area contributed by atoms with Crippen molar-refractivity contribution >= 4 is 23.6 Å². The Bertz CT molecular complexity index is 854. The molecule has 0 saturated carbocycles. The lowest BCUT2D eigenvalue weighted by molar-refractivity contribution is -0.134. The highest BCUT2D eigenvalue weighted by Gasteiger charge is 2.24. The second-order valence-corrected chi connectivity index (χ2v) is 6.38. The monoisotopic (exact) mass is 384 g/mol. The quantitative estimate of drug-likeness (QED) is 0.636. The number of rotatable bonds is 3. The zero-order valence-electron chi connectivity index (χ0n) is 16.1. The van der Waals surface area contributed by atoms with Gasteiger partial charge in [-0.05, 0) is 36.6 Å². The number of amides is 2. The molecule has 0 bridgehead atoms. The maximum absolute atomic E-state index is 12.4. The summed E-state index contributed by atoms with van der Waals surface area (Å²) in [4.78, 5) is 37.0.